The predicted molar refractivity (Wildman–Crippen MR) is 110 cm³/mol. The maximum Gasteiger partial charge on any atom is 0.191 e. The Morgan fingerprint density at radius 1 is 1.38 bits per heavy atom. The van der Waals surface area contributed by atoms with Crippen LogP contribution in [-0.2, 0) is 6.54 Å². The molecule has 1 saturated heterocycles. The van der Waals surface area contributed by atoms with Crippen molar-refractivity contribution >= 4 is 29.9 Å². The van der Waals surface area contributed by atoms with Gasteiger partial charge in [-0.2, -0.15) is 0 Å². The van der Waals surface area contributed by atoms with Crippen LogP contribution in [0.4, 0.5) is 4.39 Å². The van der Waals surface area contributed by atoms with Gasteiger partial charge in [0.2, 0.25) is 0 Å². The number of halogens is 2. The minimum absolute atomic E-state index is 0. The van der Waals surface area contributed by atoms with E-state index in [1.807, 2.05) is 6.07 Å². The number of hydrogen-bond acceptors (Lipinski definition) is 2. The fraction of sp³-hybridized carbons (Fsp3) is 0.611. The van der Waals surface area contributed by atoms with Gasteiger partial charge in [-0.15, -0.1) is 24.0 Å². The Bertz CT molecular complexity index is 536. The lowest BCUT2D eigenvalue weighted by molar-refractivity contribution is 0.210. The molecule has 2 rings (SSSR count). The molecule has 1 aliphatic heterocycles. The van der Waals surface area contributed by atoms with Crippen molar-refractivity contribution in [3.8, 4) is 0 Å². The van der Waals surface area contributed by atoms with Crippen molar-refractivity contribution in [3.63, 3.8) is 0 Å². The lowest BCUT2D eigenvalue weighted by Gasteiger charge is -2.30. The van der Waals surface area contributed by atoms with E-state index in [-0.39, 0.29) is 29.8 Å². The lowest BCUT2D eigenvalue weighted by atomic mass is 9.99. The molecule has 1 heterocycles. The first kappa shape index (κ1) is 21.2. The number of piperidine rings is 1. The van der Waals surface area contributed by atoms with Crippen molar-refractivity contribution in [1.82, 2.24) is 15.5 Å². The van der Waals surface area contributed by atoms with Crippen LogP contribution >= 0.6 is 24.0 Å². The molecule has 1 fully saturated rings. The number of aryl methyl sites for hydroxylation is 1. The zero-order valence-electron chi connectivity index (χ0n) is 14.9. The van der Waals surface area contributed by atoms with Crippen LogP contribution in [0.1, 0.15) is 30.9 Å². The summed E-state index contributed by atoms with van der Waals surface area (Å²) in [6.07, 6.45) is 2.53. The van der Waals surface area contributed by atoms with Gasteiger partial charge in [-0.1, -0.05) is 12.1 Å². The first-order chi connectivity index (χ1) is 11.1. The van der Waals surface area contributed by atoms with Crippen molar-refractivity contribution in [2.24, 2.45) is 10.9 Å². The predicted octanol–water partition coefficient (Wildman–Crippen LogP) is 3.15. The summed E-state index contributed by atoms with van der Waals surface area (Å²) in [5.41, 5.74) is 1.56. The molecule has 1 atom stereocenters. The molecule has 0 aromatic heterocycles. The normalized spacial score (nSPS) is 18.8. The van der Waals surface area contributed by atoms with Crippen LogP contribution in [-0.4, -0.2) is 44.1 Å². The van der Waals surface area contributed by atoms with Crippen LogP contribution in [0.5, 0.6) is 0 Å². The Kier molecular flexibility index (Phi) is 9.58. The summed E-state index contributed by atoms with van der Waals surface area (Å²) in [4.78, 5) is 6.96. The van der Waals surface area contributed by atoms with Crippen molar-refractivity contribution in [2.75, 3.05) is 33.2 Å². The lowest BCUT2D eigenvalue weighted by Crippen LogP contribution is -2.43. The van der Waals surface area contributed by atoms with Gasteiger partial charge in [-0.25, -0.2) is 9.38 Å². The minimum atomic E-state index is -0.166. The molecule has 0 bridgehead atoms. The second-order valence-electron chi connectivity index (χ2n) is 6.43. The first-order valence-electron chi connectivity index (χ1n) is 8.54. The van der Waals surface area contributed by atoms with Crippen LogP contribution in [0.25, 0.3) is 0 Å². The summed E-state index contributed by atoms with van der Waals surface area (Å²) in [5.74, 6) is 1.30. The molecule has 6 heteroatoms. The van der Waals surface area contributed by atoms with Gasteiger partial charge in [0.05, 0.1) is 6.54 Å². The van der Waals surface area contributed by atoms with E-state index in [1.165, 1.54) is 19.4 Å². The van der Waals surface area contributed by atoms with Crippen molar-refractivity contribution in [1.29, 1.82) is 0 Å². The number of nitrogens with zero attached hydrogens (tertiary/aromatic N) is 2. The van der Waals surface area contributed by atoms with E-state index < -0.39 is 0 Å². The smallest absolute Gasteiger partial charge is 0.191 e. The molecular formula is C18H30FIN4. The van der Waals surface area contributed by atoms with Gasteiger partial charge in [0.25, 0.3) is 0 Å². The van der Waals surface area contributed by atoms with Crippen LogP contribution in [0.2, 0.25) is 0 Å². The van der Waals surface area contributed by atoms with Gasteiger partial charge in [0.15, 0.2) is 5.96 Å². The van der Waals surface area contributed by atoms with E-state index in [2.05, 4.69) is 34.5 Å². The first-order valence-corrected chi connectivity index (χ1v) is 8.54. The number of aliphatic imine (C=N–C) groups is 1. The zero-order chi connectivity index (χ0) is 16.7. The number of nitrogens with one attached hydrogen (secondary N) is 2. The second kappa shape index (κ2) is 10.9. The van der Waals surface area contributed by atoms with E-state index in [0.29, 0.717) is 18.0 Å². The highest BCUT2D eigenvalue weighted by molar-refractivity contribution is 14.0. The third-order valence-electron chi connectivity index (χ3n) is 4.28. The molecule has 24 heavy (non-hydrogen) atoms. The molecule has 136 valence electrons. The Hall–Kier alpha value is -0.890. The summed E-state index contributed by atoms with van der Waals surface area (Å²) in [6, 6.07) is 5.30. The summed E-state index contributed by atoms with van der Waals surface area (Å²) < 4.78 is 13.6. The van der Waals surface area contributed by atoms with E-state index >= 15 is 0 Å². The third-order valence-corrected chi connectivity index (χ3v) is 4.28. The monoisotopic (exact) mass is 448 g/mol. The van der Waals surface area contributed by atoms with Gasteiger partial charge >= 0.3 is 0 Å². The zero-order valence-corrected chi connectivity index (χ0v) is 17.3. The minimum Gasteiger partial charge on any atom is -0.357 e. The van der Waals surface area contributed by atoms with Gasteiger partial charge in [0, 0.05) is 19.6 Å². The topological polar surface area (TPSA) is 39.7 Å². The van der Waals surface area contributed by atoms with Gasteiger partial charge in [-0.05, 0) is 63.4 Å². The summed E-state index contributed by atoms with van der Waals surface area (Å²) in [6.45, 7) is 8.39. The molecule has 2 N–H and O–H groups in total. The third kappa shape index (κ3) is 6.93. The molecule has 1 aromatic carbocycles. The highest BCUT2D eigenvalue weighted by Gasteiger charge is 2.17. The Labute approximate surface area is 162 Å². The molecule has 1 unspecified atom stereocenters. The Morgan fingerprint density at radius 2 is 2.17 bits per heavy atom. The number of rotatable bonds is 5. The Morgan fingerprint density at radius 3 is 2.83 bits per heavy atom. The Balaban J connectivity index is 0.00000288. The largest absolute Gasteiger partial charge is 0.357 e. The van der Waals surface area contributed by atoms with Gasteiger partial charge in [-0.3, -0.25) is 0 Å². The average molecular weight is 448 g/mol. The van der Waals surface area contributed by atoms with Crippen molar-refractivity contribution in [2.45, 2.75) is 33.2 Å². The molecule has 1 aromatic rings. The summed E-state index contributed by atoms with van der Waals surface area (Å²) in [7, 11) is 2.18. The highest BCUT2D eigenvalue weighted by Crippen LogP contribution is 2.14. The van der Waals surface area contributed by atoms with E-state index in [0.717, 1.165) is 31.2 Å². The number of hydrogen-bond donors (Lipinski definition) is 2. The van der Waals surface area contributed by atoms with Crippen molar-refractivity contribution < 1.29 is 4.39 Å². The molecule has 0 amide bonds. The van der Waals surface area contributed by atoms with Gasteiger partial charge < -0.3 is 15.5 Å². The molecule has 4 nitrogen and oxygen atoms in total. The molecule has 0 saturated carbocycles. The fourth-order valence-electron chi connectivity index (χ4n) is 2.93. The number of guanidine groups is 1. The fourth-order valence-corrected chi connectivity index (χ4v) is 2.93. The number of benzene rings is 1. The molecule has 0 radical (unpaired) electrons. The van der Waals surface area contributed by atoms with Gasteiger partial charge in [0.1, 0.15) is 5.82 Å². The van der Waals surface area contributed by atoms with Crippen molar-refractivity contribution in [3.05, 3.63) is 35.1 Å². The van der Waals surface area contributed by atoms with Crippen LogP contribution in [0.3, 0.4) is 0 Å². The maximum atomic E-state index is 13.6. The standard InChI is InChI=1S/C18H29FN4.HI/c1-4-20-18(22-12-16-6-5-9-23(3)13-16)21-11-15-8-7-14(2)17(19)10-15;/h7-8,10,16H,4-6,9,11-13H2,1-3H3,(H2,20,21,22);1H. The van der Waals surface area contributed by atoms with E-state index in [9.17, 15) is 4.39 Å². The molecule has 0 aliphatic carbocycles. The molecule has 1 aliphatic rings. The summed E-state index contributed by atoms with van der Waals surface area (Å²) >= 11 is 0. The van der Waals surface area contributed by atoms with Crippen LogP contribution < -0.4 is 10.6 Å². The molecule has 0 spiro atoms. The number of likely N-dealkylation sites (tertiary alicyclic amines) is 1. The SMILES string of the molecule is CCNC(=NCc1ccc(C)c(F)c1)NCC1CCCN(C)C1.I. The average Bonchev–Trinajstić information content (AvgIpc) is 2.53. The van der Waals surface area contributed by atoms with Crippen LogP contribution in [0.15, 0.2) is 23.2 Å². The van der Waals surface area contributed by atoms with E-state index in [4.69, 9.17) is 0 Å². The van der Waals surface area contributed by atoms with E-state index in [1.54, 1.807) is 19.1 Å². The highest BCUT2D eigenvalue weighted by atomic mass is 127. The van der Waals surface area contributed by atoms with Crippen LogP contribution in [0, 0.1) is 18.7 Å². The second-order valence-corrected chi connectivity index (χ2v) is 6.43. The quantitative estimate of drug-likeness (QED) is 0.413. The summed E-state index contributed by atoms with van der Waals surface area (Å²) in [5, 5.41) is 6.69. The molecular weight excluding hydrogens is 418 g/mol. The maximum absolute atomic E-state index is 13.6.